The lowest BCUT2D eigenvalue weighted by molar-refractivity contribution is -0.153. The number of rotatable bonds is 5. The van der Waals surface area contributed by atoms with Crippen LogP contribution in [-0.4, -0.2) is 41.9 Å². The molecule has 1 aromatic rings. The Morgan fingerprint density at radius 2 is 2.18 bits per heavy atom. The van der Waals surface area contributed by atoms with Gasteiger partial charge in [0.25, 0.3) is 0 Å². The number of ether oxygens (including phenoxy) is 3. The molecule has 0 spiro atoms. The SMILES string of the molecule is CCOC(=O)C(O)c1ncc(OC)nc1OC. The Hall–Kier alpha value is -1.89. The monoisotopic (exact) mass is 242 g/mol. The minimum Gasteiger partial charge on any atom is -0.480 e. The molecule has 1 aromatic heterocycles. The Balaban J connectivity index is 3.00. The minimum atomic E-state index is -1.52. The molecule has 94 valence electrons. The number of methoxy groups -OCH3 is 2. The van der Waals surface area contributed by atoms with E-state index in [2.05, 4.69) is 14.7 Å². The number of hydrogen-bond donors (Lipinski definition) is 1. The van der Waals surface area contributed by atoms with Gasteiger partial charge in [0, 0.05) is 0 Å². The van der Waals surface area contributed by atoms with Crippen LogP contribution in [0, 0.1) is 0 Å². The lowest BCUT2D eigenvalue weighted by Gasteiger charge is -2.12. The second kappa shape index (κ2) is 6.00. The predicted octanol–water partition coefficient (Wildman–Crippen LogP) is 0.0903. The molecule has 1 rings (SSSR count). The van der Waals surface area contributed by atoms with Crippen molar-refractivity contribution in [1.29, 1.82) is 0 Å². The van der Waals surface area contributed by atoms with E-state index in [1.807, 2.05) is 0 Å². The maximum Gasteiger partial charge on any atom is 0.341 e. The van der Waals surface area contributed by atoms with Crippen LogP contribution in [0.1, 0.15) is 18.7 Å². The van der Waals surface area contributed by atoms with Gasteiger partial charge in [0.05, 0.1) is 27.0 Å². The Labute approximate surface area is 98.4 Å². The van der Waals surface area contributed by atoms with Gasteiger partial charge in [-0.05, 0) is 6.92 Å². The summed E-state index contributed by atoms with van der Waals surface area (Å²) in [5.74, 6) is -0.558. The molecule has 1 unspecified atom stereocenters. The summed E-state index contributed by atoms with van der Waals surface area (Å²) in [6.07, 6.45) is -0.247. The number of carbonyl (C=O) groups excluding carboxylic acids is 1. The molecule has 17 heavy (non-hydrogen) atoms. The second-order valence-electron chi connectivity index (χ2n) is 2.96. The number of esters is 1. The van der Waals surface area contributed by atoms with E-state index in [1.165, 1.54) is 20.4 Å². The zero-order chi connectivity index (χ0) is 12.8. The van der Waals surface area contributed by atoms with Crippen LogP contribution in [-0.2, 0) is 9.53 Å². The molecule has 1 N–H and O–H groups in total. The Kier molecular flexibility index (Phi) is 4.65. The zero-order valence-corrected chi connectivity index (χ0v) is 9.84. The summed E-state index contributed by atoms with van der Waals surface area (Å²) >= 11 is 0. The van der Waals surface area contributed by atoms with E-state index < -0.39 is 12.1 Å². The van der Waals surface area contributed by atoms with Gasteiger partial charge >= 0.3 is 5.97 Å². The summed E-state index contributed by atoms with van der Waals surface area (Å²) in [6, 6.07) is 0. The summed E-state index contributed by atoms with van der Waals surface area (Å²) < 4.78 is 14.4. The quantitative estimate of drug-likeness (QED) is 0.731. The molecule has 1 atom stereocenters. The topological polar surface area (TPSA) is 90.8 Å². The first kappa shape index (κ1) is 13.2. The molecule has 0 radical (unpaired) electrons. The third-order valence-electron chi connectivity index (χ3n) is 1.92. The first-order valence-electron chi connectivity index (χ1n) is 4.93. The fraction of sp³-hybridized carbons (Fsp3) is 0.500. The highest BCUT2D eigenvalue weighted by Gasteiger charge is 2.25. The van der Waals surface area contributed by atoms with Crippen molar-refractivity contribution in [2.24, 2.45) is 0 Å². The highest BCUT2D eigenvalue weighted by molar-refractivity contribution is 5.76. The largest absolute Gasteiger partial charge is 0.480 e. The van der Waals surface area contributed by atoms with Gasteiger partial charge in [0.1, 0.15) is 5.69 Å². The average Bonchev–Trinajstić information content (AvgIpc) is 2.37. The second-order valence-corrected chi connectivity index (χ2v) is 2.96. The Bertz CT molecular complexity index is 396. The Morgan fingerprint density at radius 3 is 2.71 bits per heavy atom. The number of hydrogen-bond acceptors (Lipinski definition) is 7. The summed E-state index contributed by atoms with van der Waals surface area (Å²) in [4.78, 5) is 19.1. The van der Waals surface area contributed by atoms with Crippen LogP contribution in [0.5, 0.6) is 11.8 Å². The molecule has 1 heterocycles. The zero-order valence-electron chi connectivity index (χ0n) is 9.84. The van der Waals surface area contributed by atoms with E-state index in [-0.39, 0.29) is 24.1 Å². The third kappa shape index (κ3) is 3.04. The van der Waals surface area contributed by atoms with Crippen LogP contribution in [0.4, 0.5) is 0 Å². The van der Waals surface area contributed by atoms with E-state index in [0.29, 0.717) is 0 Å². The maximum absolute atomic E-state index is 11.3. The number of aliphatic hydroxyl groups excluding tert-OH is 1. The van der Waals surface area contributed by atoms with Crippen molar-refractivity contribution >= 4 is 5.97 Å². The molecule has 0 amide bonds. The maximum atomic E-state index is 11.3. The first-order chi connectivity index (χ1) is 8.13. The lowest BCUT2D eigenvalue weighted by atomic mass is 10.2. The van der Waals surface area contributed by atoms with Crippen LogP contribution in [0.2, 0.25) is 0 Å². The van der Waals surface area contributed by atoms with E-state index in [4.69, 9.17) is 9.47 Å². The molecule has 0 aromatic carbocycles. The van der Waals surface area contributed by atoms with Gasteiger partial charge in [-0.25, -0.2) is 9.78 Å². The molecular weight excluding hydrogens is 228 g/mol. The highest BCUT2D eigenvalue weighted by Crippen LogP contribution is 2.23. The van der Waals surface area contributed by atoms with E-state index in [0.717, 1.165) is 0 Å². The number of carbonyl (C=O) groups is 1. The van der Waals surface area contributed by atoms with Crippen molar-refractivity contribution in [2.75, 3.05) is 20.8 Å². The molecule has 7 nitrogen and oxygen atoms in total. The lowest BCUT2D eigenvalue weighted by Crippen LogP contribution is -2.18. The van der Waals surface area contributed by atoms with Gasteiger partial charge in [-0.1, -0.05) is 0 Å². The molecule has 0 bridgehead atoms. The van der Waals surface area contributed by atoms with E-state index in [9.17, 15) is 9.90 Å². The van der Waals surface area contributed by atoms with Crippen LogP contribution in [0.3, 0.4) is 0 Å². The number of aliphatic hydroxyl groups is 1. The third-order valence-corrected chi connectivity index (χ3v) is 1.92. The molecule has 0 aliphatic rings. The van der Waals surface area contributed by atoms with Gasteiger partial charge in [-0.15, -0.1) is 0 Å². The fourth-order valence-corrected chi connectivity index (χ4v) is 1.14. The van der Waals surface area contributed by atoms with Gasteiger partial charge in [0.2, 0.25) is 11.8 Å². The normalized spacial score (nSPS) is 11.8. The summed E-state index contributed by atoms with van der Waals surface area (Å²) in [7, 11) is 2.77. The molecule has 0 aliphatic carbocycles. The van der Waals surface area contributed by atoms with Crippen LogP contribution < -0.4 is 9.47 Å². The number of nitrogens with zero attached hydrogens (tertiary/aromatic N) is 2. The molecule has 0 aliphatic heterocycles. The smallest absolute Gasteiger partial charge is 0.341 e. The first-order valence-corrected chi connectivity index (χ1v) is 4.93. The van der Waals surface area contributed by atoms with Crippen LogP contribution in [0.15, 0.2) is 6.20 Å². The van der Waals surface area contributed by atoms with Crippen molar-refractivity contribution in [3.63, 3.8) is 0 Å². The van der Waals surface area contributed by atoms with Crippen LogP contribution in [0.25, 0.3) is 0 Å². The van der Waals surface area contributed by atoms with Gasteiger partial charge in [0.15, 0.2) is 6.10 Å². The molecule has 0 saturated carbocycles. The van der Waals surface area contributed by atoms with Crippen molar-refractivity contribution in [2.45, 2.75) is 13.0 Å². The van der Waals surface area contributed by atoms with E-state index >= 15 is 0 Å². The highest BCUT2D eigenvalue weighted by atomic mass is 16.5. The van der Waals surface area contributed by atoms with Gasteiger partial charge < -0.3 is 19.3 Å². The van der Waals surface area contributed by atoms with Crippen molar-refractivity contribution < 1.29 is 24.1 Å². The minimum absolute atomic E-state index is 0.00764. The predicted molar refractivity (Wildman–Crippen MR) is 56.7 cm³/mol. The van der Waals surface area contributed by atoms with Crippen molar-refractivity contribution in [3.05, 3.63) is 11.9 Å². The van der Waals surface area contributed by atoms with E-state index in [1.54, 1.807) is 6.92 Å². The average molecular weight is 242 g/mol. The summed E-state index contributed by atoms with van der Waals surface area (Å²) in [5, 5.41) is 9.70. The van der Waals surface area contributed by atoms with Gasteiger partial charge in [-0.3, -0.25) is 0 Å². The fourth-order valence-electron chi connectivity index (χ4n) is 1.14. The number of aromatic nitrogens is 2. The molecule has 7 heteroatoms. The molecular formula is C10H14N2O5. The summed E-state index contributed by atoms with van der Waals surface area (Å²) in [5.41, 5.74) is -0.00764. The van der Waals surface area contributed by atoms with Crippen molar-refractivity contribution in [1.82, 2.24) is 9.97 Å². The molecule has 0 fully saturated rings. The molecule has 0 saturated heterocycles. The van der Waals surface area contributed by atoms with Crippen molar-refractivity contribution in [3.8, 4) is 11.8 Å². The van der Waals surface area contributed by atoms with Crippen LogP contribution >= 0.6 is 0 Å². The summed E-state index contributed by atoms with van der Waals surface area (Å²) in [6.45, 7) is 1.81. The Morgan fingerprint density at radius 1 is 1.47 bits per heavy atom. The van der Waals surface area contributed by atoms with Gasteiger partial charge in [-0.2, -0.15) is 4.98 Å². The standard InChI is InChI=1S/C10H14N2O5/c1-4-17-10(14)8(13)7-9(16-3)12-6(15-2)5-11-7/h5,8,13H,4H2,1-3H3.